The van der Waals surface area contributed by atoms with E-state index in [1.54, 1.807) is 0 Å². The minimum Gasteiger partial charge on any atom is -0.465 e. The van der Waals surface area contributed by atoms with Crippen molar-refractivity contribution in [3.05, 3.63) is 41.2 Å². The van der Waals surface area contributed by atoms with Gasteiger partial charge in [-0.15, -0.1) is 0 Å². The van der Waals surface area contributed by atoms with Crippen molar-refractivity contribution in [1.29, 1.82) is 5.26 Å². The summed E-state index contributed by atoms with van der Waals surface area (Å²) in [6.07, 6.45) is -4.89. The van der Waals surface area contributed by atoms with Gasteiger partial charge in [0.2, 0.25) is 0 Å². The summed E-state index contributed by atoms with van der Waals surface area (Å²) in [6.45, 7) is 0. The average molecular weight is 296 g/mol. The SMILES string of the molecule is COC(=O)c1c(-c2cccc(C#N)c2)noc1C(F)(F)F. The minimum atomic E-state index is -4.89. The number of ether oxygens (including phenoxy) is 1. The Morgan fingerprint density at radius 3 is 2.71 bits per heavy atom. The van der Waals surface area contributed by atoms with Gasteiger partial charge in [-0.25, -0.2) is 4.79 Å². The molecule has 21 heavy (non-hydrogen) atoms. The van der Waals surface area contributed by atoms with Gasteiger partial charge in [-0.2, -0.15) is 18.4 Å². The molecule has 1 aromatic heterocycles. The van der Waals surface area contributed by atoms with E-state index in [0.29, 0.717) is 0 Å². The van der Waals surface area contributed by atoms with Crippen LogP contribution in [0.3, 0.4) is 0 Å². The maximum atomic E-state index is 12.8. The summed E-state index contributed by atoms with van der Waals surface area (Å²) in [6, 6.07) is 7.46. The van der Waals surface area contributed by atoms with Crippen molar-refractivity contribution in [3.8, 4) is 17.3 Å². The van der Waals surface area contributed by atoms with Crippen molar-refractivity contribution in [2.24, 2.45) is 0 Å². The van der Waals surface area contributed by atoms with E-state index >= 15 is 0 Å². The zero-order valence-corrected chi connectivity index (χ0v) is 10.6. The van der Waals surface area contributed by atoms with Gasteiger partial charge < -0.3 is 9.26 Å². The number of hydrogen-bond donors (Lipinski definition) is 0. The normalized spacial score (nSPS) is 11.0. The number of esters is 1. The Morgan fingerprint density at radius 1 is 1.43 bits per heavy atom. The number of rotatable bonds is 2. The number of hydrogen-bond acceptors (Lipinski definition) is 5. The second kappa shape index (κ2) is 5.28. The molecule has 0 radical (unpaired) electrons. The molecule has 0 atom stereocenters. The summed E-state index contributed by atoms with van der Waals surface area (Å²) in [5, 5.41) is 12.1. The molecule has 0 aliphatic rings. The van der Waals surface area contributed by atoms with Gasteiger partial charge in [0.25, 0.3) is 5.76 Å². The second-order valence-corrected chi connectivity index (χ2v) is 3.92. The van der Waals surface area contributed by atoms with E-state index in [-0.39, 0.29) is 16.8 Å². The number of halogens is 3. The Balaban J connectivity index is 2.67. The van der Waals surface area contributed by atoms with Crippen LogP contribution in [-0.2, 0) is 10.9 Å². The average Bonchev–Trinajstić information content (AvgIpc) is 2.91. The van der Waals surface area contributed by atoms with E-state index < -0.39 is 23.5 Å². The summed E-state index contributed by atoms with van der Waals surface area (Å²) in [7, 11) is 0.949. The van der Waals surface area contributed by atoms with Crippen LogP contribution in [0, 0.1) is 11.3 Å². The molecule has 2 rings (SSSR count). The highest BCUT2D eigenvalue weighted by Gasteiger charge is 2.43. The van der Waals surface area contributed by atoms with E-state index in [4.69, 9.17) is 5.26 Å². The van der Waals surface area contributed by atoms with Crippen molar-refractivity contribution >= 4 is 5.97 Å². The Hall–Kier alpha value is -2.82. The Bertz CT molecular complexity index is 729. The molecule has 0 saturated heterocycles. The molecule has 0 aliphatic carbocycles. The smallest absolute Gasteiger partial charge is 0.453 e. The number of carbonyl (C=O) groups excluding carboxylic acids is 1. The van der Waals surface area contributed by atoms with Crippen LogP contribution in [0.15, 0.2) is 28.8 Å². The largest absolute Gasteiger partial charge is 0.465 e. The number of nitrogens with zero attached hydrogens (tertiary/aromatic N) is 2. The first kappa shape index (κ1) is 14.6. The van der Waals surface area contributed by atoms with Crippen molar-refractivity contribution in [3.63, 3.8) is 0 Å². The summed E-state index contributed by atoms with van der Waals surface area (Å²) < 4.78 is 47.1. The zero-order valence-electron chi connectivity index (χ0n) is 10.6. The van der Waals surface area contributed by atoms with Crippen molar-refractivity contribution in [1.82, 2.24) is 5.16 Å². The third-order valence-electron chi connectivity index (χ3n) is 2.60. The quantitative estimate of drug-likeness (QED) is 0.796. The summed E-state index contributed by atoms with van der Waals surface area (Å²) in [4.78, 5) is 11.6. The van der Waals surface area contributed by atoms with Gasteiger partial charge in [-0.05, 0) is 12.1 Å². The minimum absolute atomic E-state index is 0.147. The van der Waals surface area contributed by atoms with E-state index in [1.165, 1.54) is 24.3 Å². The Labute approximate surface area is 116 Å². The predicted octanol–water partition coefficient (Wildman–Crippen LogP) is 3.02. The molecule has 0 amide bonds. The number of nitriles is 1. The third-order valence-corrected chi connectivity index (χ3v) is 2.60. The molecule has 0 saturated carbocycles. The standard InChI is InChI=1S/C13H7F3N2O3/c1-20-12(19)9-10(18-21-11(9)13(14,15)16)8-4-2-3-7(5-8)6-17/h2-5H,1H3. The number of carbonyl (C=O) groups is 1. The van der Waals surface area contributed by atoms with Gasteiger partial charge in [0.15, 0.2) is 0 Å². The first-order valence-corrected chi connectivity index (χ1v) is 5.54. The van der Waals surface area contributed by atoms with Crippen molar-refractivity contribution in [2.75, 3.05) is 7.11 Å². The molecule has 1 aromatic carbocycles. The molecule has 0 bridgehead atoms. The van der Waals surface area contributed by atoms with Crippen LogP contribution in [-0.4, -0.2) is 18.2 Å². The predicted molar refractivity (Wildman–Crippen MR) is 63.0 cm³/mol. The number of alkyl halides is 3. The second-order valence-electron chi connectivity index (χ2n) is 3.92. The lowest BCUT2D eigenvalue weighted by atomic mass is 10.0. The highest BCUT2D eigenvalue weighted by atomic mass is 19.4. The van der Waals surface area contributed by atoms with Gasteiger partial charge in [0.1, 0.15) is 11.3 Å². The van der Waals surface area contributed by atoms with Crippen LogP contribution < -0.4 is 0 Å². The highest BCUT2D eigenvalue weighted by molar-refractivity contribution is 5.97. The van der Waals surface area contributed by atoms with Gasteiger partial charge in [-0.1, -0.05) is 17.3 Å². The fourth-order valence-corrected chi connectivity index (χ4v) is 1.71. The van der Waals surface area contributed by atoms with Gasteiger partial charge in [-0.3, -0.25) is 0 Å². The van der Waals surface area contributed by atoms with Crippen molar-refractivity contribution in [2.45, 2.75) is 6.18 Å². The Kier molecular flexibility index (Phi) is 3.67. The van der Waals surface area contributed by atoms with E-state index in [9.17, 15) is 18.0 Å². The lowest BCUT2D eigenvalue weighted by Crippen LogP contribution is -2.12. The molecule has 1 heterocycles. The van der Waals surface area contributed by atoms with Gasteiger partial charge in [0.05, 0.1) is 18.7 Å². The molecule has 8 heteroatoms. The molecule has 0 unspecified atom stereocenters. The molecular formula is C13H7F3N2O3. The van der Waals surface area contributed by atoms with Gasteiger partial charge in [0, 0.05) is 5.56 Å². The fourth-order valence-electron chi connectivity index (χ4n) is 1.71. The zero-order chi connectivity index (χ0) is 15.6. The topological polar surface area (TPSA) is 76.1 Å². The number of benzene rings is 1. The molecule has 108 valence electrons. The van der Waals surface area contributed by atoms with Crippen LogP contribution in [0.5, 0.6) is 0 Å². The van der Waals surface area contributed by atoms with Crippen LogP contribution in [0.1, 0.15) is 21.7 Å². The third kappa shape index (κ3) is 2.72. The number of methoxy groups -OCH3 is 1. The van der Waals surface area contributed by atoms with Crippen molar-refractivity contribution < 1.29 is 27.2 Å². The molecule has 0 N–H and O–H groups in total. The first-order valence-electron chi connectivity index (χ1n) is 5.54. The van der Waals surface area contributed by atoms with E-state index in [0.717, 1.165) is 7.11 Å². The summed E-state index contributed by atoms with van der Waals surface area (Å²) in [5.41, 5.74) is -0.792. The van der Waals surface area contributed by atoms with Crippen LogP contribution >= 0.6 is 0 Å². The highest BCUT2D eigenvalue weighted by Crippen LogP contribution is 2.37. The molecule has 0 fully saturated rings. The lowest BCUT2D eigenvalue weighted by molar-refractivity contribution is -0.156. The first-order chi connectivity index (χ1) is 9.88. The molecular weight excluding hydrogens is 289 g/mol. The van der Waals surface area contributed by atoms with Crippen LogP contribution in [0.4, 0.5) is 13.2 Å². The van der Waals surface area contributed by atoms with E-state index in [2.05, 4.69) is 14.4 Å². The maximum absolute atomic E-state index is 12.8. The summed E-state index contributed by atoms with van der Waals surface area (Å²) >= 11 is 0. The van der Waals surface area contributed by atoms with Gasteiger partial charge >= 0.3 is 12.1 Å². The molecule has 0 spiro atoms. The maximum Gasteiger partial charge on any atom is 0.453 e. The van der Waals surface area contributed by atoms with E-state index in [1.807, 2.05) is 6.07 Å². The Morgan fingerprint density at radius 2 is 2.14 bits per heavy atom. The molecule has 5 nitrogen and oxygen atoms in total. The lowest BCUT2D eigenvalue weighted by Gasteiger charge is -2.05. The fraction of sp³-hybridized carbons (Fsp3) is 0.154. The monoisotopic (exact) mass is 296 g/mol. The number of aromatic nitrogens is 1. The summed E-state index contributed by atoms with van der Waals surface area (Å²) in [5.74, 6) is -2.76. The van der Waals surface area contributed by atoms with Crippen LogP contribution in [0.2, 0.25) is 0 Å². The molecule has 0 aliphatic heterocycles. The van der Waals surface area contributed by atoms with Crippen LogP contribution in [0.25, 0.3) is 11.3 Å². The molecule has 2 aromatic rings.